The average Bonchev–Trinajstić information content (AvgIpc) is 2.33. The molecule has 0 N–H and O–H groups in total. The molecule has 1 nitrogen and oxygen atoms in total. The van der Waals surface area contributed by atoms with Crippen molar-refractivity contribution in [3.63, 3.8) is 0 Å². The van der Waals surface area contributed by atoms with Crippen molar-refractivity contribution in [2.75, 3.05) is 7.11 Å². The van der Waals surface area contributed by atoms with Crippen molar-refractivity contribution in [3.05, 3.63) is 29.6 Å². The van der Waals surface area contributed by atoms with Crippen LogP contribution in [0, 0.1) is 11.7 Å². The molecule has 0 amide bonds. The van der Waals surface area contributed by atoms with Crippen LogP contribution >= 0.6 is 0 Å². The Balaban J connectivity index is 2.23. The first-order valence-corrected chi connectivity index (χ1v) is 6.15. The van der Waals surface area contributed by atoms with Crippen LogP contribution in [0.2, 0.25) is 0 Å². The number of alkyl halides is 2. The maximum atomic E-state index is 13.4. The van der Waals surface area contributed by atoms with E-state index in [-0.39, 0.29) is 18.2 Å². The molecule has 0 spiro atoms. The van der Waals surface area contributed by atoms with Crippen molar-refractivity contribution in [1.82, 2.24) is 0 Å². The van der Waals surface area contributed by atoms with E-state index in [1.807, 2.05) is 0 Å². The molecule has 2 unspecified atom stereocenters. The van der Waals surface area contributed by atoms with Crippen LogP contribution < -0.4 is 4.74 Å². The fourth-order valence-electron chi connectivity index (χ4n) is 2.63. The first-order chi connectivity index (χ1) is 8.44. The quantitative estimate of drug-likeness (QED) is 0.765. The molecule has 4 heteroatoms. The topological polar surface area (TPSA) is 9.23 Å². The molecular formula is C14H17F3O. The molecule has 1 aromatic rings. The summed E-state index contributed by atoms with van der Waals surface area (Å²) in [4.78, 5) is 0. The van der Waals surface area contributed by atoms with E-state index in [2.05, 4.69) is 0 Å². The molecule has 0 radical (unpaired) electrons. The van der Waals surface area contributed by atoms with E-state index in [0.717, 1.165) is 5.56 Å². The van der Waals surface area contributed by atoms with Gasteiger partial charge in [-0.3, -0.25) is 0 Å². The van der Waals surface area contributed by atoms with Gasteiger partial charge in [-0.25, -0.2) is 13.2 Å². The Kier molecular flexibility index (Phi) is 3.55. The highest BCUT2D eigenvalue weighted by Gasteiger charge is 2.42. The Bertz CT molecular complexity index is 431. The molecule has 1 aliphatic rings. The van der Waals surface area contributed by atoms with E-state index in [1.165, 1.54) is 19.2 Å². The summed E-state index contributed by atoms with van der Waals surface area (Å²) in [5.74, 6) is -3.12. The Labute approximate surface area is 105 Å². The van der Waals surface area contributed by atoms with Crippen LogP contribution in [-0.2, 0) is 0 Å². The summed E-state index contributed by atoms with van der Waals surface area (Å²) in [5, 5.41) is 0. The van der Waals surface area contributed by atoms with Crippen LogP contribution in [0.25, 0.3) is 0 Å². The van der Waals surface area contributed by atoms with Gasteiger partial charge in [0, 0.05) is 18.4 Å². The van der Waals surface area contributed by atoms with Crippen LogP contribution in [0.4, 0.5) is 13.2 Å². The maximum absolute atomic E-state index is 13.4. The fraction of sp³-hybridized carbons (Fsp3) is 0.571. The number of hydrogen-bond acceptors (Lipinski definition) is 1. The SMILES string of the molecule is COc1cc(F)ccc1C1CCC(F)(F)C(C)C1. The molecule has 0 saturated heterocycles. The molecule has 100 valence electrons. The first kappa shape index (κ1) is 13.2. The van der Waals surface area contributed by atoms with Crippen LogP contribution in [0.15, 0.2) is 18.2 Å². The number of rotatable bonds is 2. The molecular weight excluding hydrogens is 241 g/mol. The third kappa shape index (κ3) is 2.47. The van der Waals surface area contributed by atoms with E-state index in [9.17, 15) is 13.2 Å². The monoisotopic (exact) mass is 258 g/mol. The van der Waals surface area contributed by atoms with Gasteiger partial charge in [0.25, 0.3) is 5.92 Å². The Morgan fingerprint density at radius 1 is 1.33 bits per heavy atom. The molecule has 0 aliphatic heterocycles. The standard InChI is InChI=1S/C14H17F3O/c1-9-7-10(5-6-14(9,16)17)12-4-3-11(15)8-13(12)18-2/h3-4,8-10H,5-7H2,1-2H3. The molecule has 1 fully saturated rings. The van der Waals surface area contributed by atoms with Crippen molar-refractivity contribution in [2.45, 2.75) is 38.0 Å². The number of ether oxygens (including phenoxy) is 1. The summed E-state index contributed by atoms with van der Waals surface area (Å²) in [6.07, 6.45) is 0.716. The Morgan fingerprint density at radius 3 is 2.67 bits per heavy atom. The van der Waals surface area contributed by atoms with Gasteiger partial charge in [0.1, 0.15) is 11.6 Å². The zero-order chi connectivity index (χ0) is 13.3. The smallest absolute Gasteiger partial charge is 0.250 e. The van der Waals surface area contributed by atoms with E-state index in [4.69, 9.17) is 4.74 Å². The van der Waals surface area contributed by atoms with Gasteiger partial charge in [-0.2, -0.15) is 0 Å². The molecule has 0 aromatic heterocycles. The van der Waals surface area contributed by atoms with E-state index in [1.54, 1.807) is 13.0 Å². The van der Waals surface area contributed by atoms with E-state index >= 15 is 0 Å². The summed E-state index contributed by atoms with van der Waals surface area (Å²) >= 11 is 0. The summed E-state index contributed by atoms with van der Waals surface area (Å²) in [6.45, 7) is 1.57. The van der Waals surface area contributed by atoms with Crippen LogP contribution in [0.3, 0.4) is 0 Å². The zero-order valence-electron chi connectivity index (χ0n) is 10.6. The van der Waals surface area contributed by atoms with Gasteiger partial charge in [0.2, 0.25) is 0 Å². The Hall–Kier alpha value is -1.19. The number of benzene rings is 1. The minimum absolute atomic E-state index is 0.0233. The number of halogens is 3. The summed E-state index contributed by atoms with van der Waals surface area (Å²) in [6, 6.07) is 4.32. The zero-order valence-corrected chi connectivity index (χ0v) is 10.6. The molecule has 0 heterocycles. The van der Waals surface area contributed by atoms with Crippen molar-refractivity contribution in [1.29, 1.82) is 0 Å². The van der Waals surface area contributed by atoms with Crippen molar-refractivity contribution in [3.8, 4) is 5.75 Å². The average molecular weight is 258 g/mol. The van der Waals surface area contributed by atoms with Crippen molar-refractivity contribution < 1.29 is 17.9 Å². The predicted octanol–water partition coefficient (Wildman–Crippen LogP) is 4.37. The van der Waals surface area contributed by atoms with Crippen molar-refractivity contribution >= 4 is 0 Å². The van der Waals surface area contributed by atoms with E-state index < -0.39 is 11.8 Å². The van der Waals surface area contributed by atoms with Crippen LogP contribution in [0.5, 0.6) is 5.75 Å². The van der Waals surface area contributed by atoms with Gasteiger partial charge >= 0.3 is 0 Å². The molecule has 1 saturated carbocycles. The normalized spacial score (nSPS) is 26.9. The number of hydrogen-bond donors (Lipinski definition) is 0. The minimum Gasteiger partial charge on any atom is -0.496 e. The van der Waals surface area contributed by atoms with Gasteiger partial charge < -0.3 is 4.74 Å². The minimum atomic E-state index is -2.58. The molecule has 0 bridgehead atoms. The third-order valence-electron chi connectivity index (χ3n) is 3.82. The van der Waals surface area contributed by atoms with Gasteiger partial charge in [0.05, 0.1) is 7.11 Å². The Morgan fingerprint density at radius 2 is 2.06 bits per heavy atom. The van der Waals surface area contributed by atoms with Gasteiger partial charge in [-0.1, -0.05) is 13.0 Å². The molecule has 18 heavy (non-hydrogen) atoms. The lowest BCUT2D eigenvalue weighted by Crippen LogP contribution is -2.32. The lowest BCUT2D eigenvalue weighted by molar-refractivity contribution is -0.0831. The first-order valence-electron chi connectivity index (χ1n) is 6.15. The highest BCUT2D eigenvalue weighted by molar-refractivity contribution is 5.37. The van der Waals surface area contributed by atoms with Crippen LogP contribution in [0.1, 0.15) is 37.7 Å². The molecule has 2 atom stereocenters. The summed E-state index contributed by atoms with van der Waals surface area (Å²) < 4.78 is 45.1. The summed E-state index contributed by atoms with van der Waals surface area (Å²) in [5.41, 5.74) is 0.834. The lowest BCUT2D eigenvalue weighted by Gasteiger charge is -2.34. The molecule has 1 aromatic carbocycles. The highest BCUT2D eigenvalue weighted by atomic mass is 19.3. The molecule has 2 rings (SSSR count). The second kappa shape index (κ2) is 4.82. The second-order valence-electron chi connectivity index (χ2n) is 5.02. The third-order valence-corrected chi connectivity index (χ3v) is 3.82. The summed E-state index contributed by atoms with van der Waals surface area (Å²) in [7, 11) is 1.47. The lowest BCUT2D eigenvalue weighted by atomic mass is 9.76. The second-order valence-corrected chi connectivity index (χ2v) is 5.02. The fourth-order valence-corrected chi connectivity index (χ4v) is 2.63. The van der Waals surface area contributed by atoms with E-state index in [0.29, 0.717) is 18.6 Å². The maximum Gasteiger partial charge on any atom is 0.250 e. The predicted molar refractivity (Wildman–Crippen MR) is 63.7 cm³/mol. The highest BCUT2D eigenvalue weighted by Crippen LogP contribution is 2.46. The van der Waals surface area contributed by atoms with Crippen molar-refractivity contribution in [2.24, 2.45) is 5.92 Å². The largest absolute Gasteiger partial charge is 0.496 e. The van der Waals surface area contributed by atoms with Gasteiger partial charge in [-0.15, -0.1) is 0 Å². The van der Waals surface area contributed by atoms with Crippen LogP contribution in [-0.4, -0.2) is 13.0 Å². The molecule has 1 aliphatic carbocycles. The van der Waals surface area contributed by atoms with Gasteiger partial charge in [-0.05, 0) is 30.4 Å². The number of methoxy groups -OCH3 is 1. The van der Waals surface area contributed by atoms with Gasteiger partial charge in [0.15, 0.2) is 0 Å².